The molecule has 0 atom stereocenters. The fourth-order valence-corrected chi connectivity index (χ4v) is 3.96. The quantitative estimate of drug-likeness (QED) is 0.894. The highest BCUT2D eigenvalue weighted by Crippen LogP contribution is 2.49. The lowest BCUT2D eigenvalue weighted by atomic mass is 9.65. The fraction of sp³-hybridized carbons (Fsp3) is 0.471. The molecule has 106 valence electrons. The monoisotopic (exact) mass is 286 g/mol. The van der Waals surface area contributed by atoms with Crippen molar-refractivity contribution in [1.29, 1.82) is 0 Å². The van der Waals surface area contributed by atoms with E-state index < -0.39 is 0 Å². The topological polar surface area (TPSA) is 24.9 Å². The first kappa shape index (κ1) is 13.8. The summed E-state index contributed by atoms with van der Waals surface area (Å²) in [5, 5.41) is 4.77. The van der Waals surface area contributed by atoms with Gasteiger partial charge in [-0.05, 0) is 18.4 Å². The molecule has 2 nitrogen and oxygen atoms in total. The standard InChI is InChI=1S/C17H22N2S/c1-13(2)18-11-15-12-19-16(20-15)17(9-6-10-17)14-7-4-3-5-8-14/h3-5,7-8,12-13,18H,6,9-11H2,1-2H3. The summed E-state index contributed by atoms with van der Waals surface area (Å²) >= 11 is 1.88. The summed E-state index contributed by atoms with van der Waals surface area (Å²) in [4.78, 5) is 6.09. The van der Waals surface area contributed by atoms with Gasteiger partial charge in [0.05, 0.1) is 0 Å². The maximum Gasteiger partial charge on any atom is 0.103 e. The van der Waals surface area contributed by atoms with Gasteiger partial charge in [-0.3, -0.25) is 0 Å². The lowest BCUT2D eigenvalue weighted by Gasteiger charge is -2.40. The lowest BCUT2D eigenvalue weighted by molar-refractivity contribution is 0.300. The lowest BCUT2D eigenvalue weighted by Crippen LogP contribution is -2.35. The minimum atomic E-state index is 0.196. The number of nitrogens with zero attached hydrogens (tertiary/aromatic N) is 1. The Labute approximate surface area is 125 Å². The van der Waals surface area contributed by atoms with Crippen molar-refractivity contribution in [3.05, 3.63) is 52.0 Å². The molecule has 1 heterocycles. The molecule has 1 aromatic heterocycles. The molecule has 3 heteroatoms. The van der Waals surface area contributed by atoms with Crippen LogP contribution in [0.2, 0.25) is 0 Å². The summed E-state index contributed by atoms with van der Waals surface area (Å²) in [5.41, 5.74) is 1.63. The predicted molar refractivity (Wildman–Crippen MR) is 85.2 cm³/mol. The van der Waals surface area contributed by atoms with Crippen molar-refractivity contribution in [2.45, 2.75) is 51.1 Å². The summed E-state index contributed by atoms with van der Waals surface area (Å²) < 4.78 is 0. The molecule has 0 saturated heterocycles. The van der Waals surface area contributed by atoms with Gasteiger partial charge in [0.1, 0.15) is 5.01 Å². The molecule has 1 aromatic carbocycles. The maximum atomic E-state index is 4.74. The summed E-state index contributed by atoms with van der Waals surface area (Å²) in [7, 11) is 0. The Morgan fingerprint density at radius 1 is 1.25 bits per heavy atom. The number of hydrogen-bond acceptors (Lipinski definition) is 3. The van der Waals surface area contributed by atoms with Gasteiger partial charge < -0.3 is 5.32 Å². The average molecular weight is 286 g/mol. The summed E-state index contributed by atoms with van der Waals surface area (Å²) in [6.45, 7) is 5.29. The van der Waals surface area contributed by atoms with Crippen LogP contribution in [0.3, 0.4) is 0 Å². The normalized spacial score (nSPS) is 17.1. The molecule has 1 saturated carbocycles. The number of hydrogen-bond donors (Lipinski definition) is 1. The van der Waals surface area contributed by atoms with Gasteiger partial charge in [-0.2, -0.15) is 0 Å². The molecular weight excluding hydrogens is 264 g/mol. The van der Waals surface area contributed by atoms with E-state index in [0.717, 1.165) is 6.54 Å². The van der Waals surface area contributed by atoms with Crippen LogP contribution in [0.5, 0.6) is 0 Å². The van der Waals surface area contributed by atoms with E-state index in [4.69, 9.17) is 4.98 Å². The Kier molecular flexibility index (Phi) is 3.90. The molecular formula is C17H22N2S. The Hall–Kier alpha value is -1.19. The molecule has 1 N–H and O–H groups in total. The third-order valence-corrected chi connectivity index (χ3v) is 5.38. The number of rotatable bonds is 5. The zero-order valence-electron chi connectivity index (χ0n) is 12.2. The molecule has 3 rings (SSSR count). The van der Waals surface area contributed by atoms with Crippen molar-refractivity contribution in [2.75, 3.05) is 0 Å². The minimum absolute atomic E-state index is 0.196. The second-order valence-corrected chi connectivity index (χ2v) is 7.08. The van der Waals surface area contributed by atoms with Gasteiger partial charge in [0.2, 0.25) is 0 Å². The molecule has 0 bridgehead atoms. The molecule has 0 aliphatic heterocycles. The van der Waals surface area contributed by atoms with Crippen molar-refractivity contribution in [1.82, 2.24) is 10.3 Å². The van der Waals surface area contributed by atoms with Crippen LogP contribution in [0.4, 0.5) is 0 Å². The van der Waals surface area contributed by atoms with Crippen molar-refractivity contribution >= 4 is 11.3 Å². The fourth-order valence-electron chi connectivity index (χ4n) is 2.83. The van der Waals surface area contributed by atoms with E-state index in [-0.39, 0.29) is 5.41 Å². The van der Waals surface area contributed by atoms with E-state index in [2.05, 4.69) is 55.7 Å². The Morgan fingerprint density at radius 3 is 2.60 bits per heavy atom. The minimum Gasteiger partial charge on any atom is -0.310 e. The van der Waals surface area contributed by atoms with Gasteiger partial charge in [0.25, 0.3) is 0 Å². The van der Waals surface area contributed by atoms with Gasteiger partial charge in [-0.25, -0.2) is 4.98 Å². The van der Waals surface area contributed by atoms with Crippen LogP contribution in [0, 0.1) is 0 Å². The van der Waals surface area contributed by atoms with Crippen molar-refractivity contribution in [2.24, 2.45) is 0 Å². The SMILES string of the molecule is CC(C)NCc1cnc(C2(c3ccccc3)CCC2)s1. The largest absolute Gasteiger partial charge is 0.310 e. The van der Waals surface area contributed by atoms with Crippen molar-refractivity contribution < 1.29 is 0 Å². The number of thiazole rings is 1. The molecule has 20 heavy (non-hydrogen) atoms. The summed E-state index contributed by atoms with van der Waals surface area (Å²) in [6, 6.07) is 11.4. The van der Waals surface area contributed by atoms with E-state index in [9.17, 15) is 0 Å². The van der Waals surface area contributed by atoms with Crippen LogP contribution in [0.25, 0.3) is 0 Å². The van der Waals surface area contributed by atoms with E-state index in [1.165, 1.54) is 34.7 Å². The number of benzene rings is 1. The zero-order valence-corrected chi connectivity index (χ0v) is 13.0. The Balaban J connectivity index is 1.84. The van der Waals surface area contributed by atoms with Crippen LogP contribution < -0.4 is 5.32 Å². The van der Waals surface area contributed by atoms with Gasteiger partial charge in [0, 0.05) is 29.1 Å². The smallest absolute Gasteiger partial charge is 0.103 e. The van der Waals surface area contributed by atoms with Gasteiger partial charge in [-0.1, -0.05) is 50.6 Å². The highest BCUT2D eigenvalue weighted by Gasteiger charge is 2.42. The highest BCUT2D eigenvalue weighted by atomic mass is 32.1. The van der Waals surface area contributed by atoms with E-state index in [1.807, 2.05) is 11.3 Å². The van der Waals surface area contributed by atoms with E-state index in [0.29, 0.717) is 6.04 Å². The summed E-state index contributed by atoms with van der Waals surface area (Å²) in [6.07, 6.45) is 5.84. The Morgan fingerprint density at radius 2 is 2.00 bits per heavy atom. The third-order valence-electron chi connectivity index (χ3n) is 4.18. The van der Waals surface area contributed by atoms with Gasteiger partial charge in [0.15, 0.2) is 0 Å². The van der Waals surface area contributed by atoms with Crippen LogP contribution in [-0.4, -0.2) is 11.0 Å². The first-order valence-electron chi connectivity index (χ1n) is 7.45. The molecule has 0 amide bonds. The zero-order chi connectivity index (χ0) is 14.0. The van der Waals surface area contributed by atoms with Crippen LogP contribution in [-0.2, 0) is 12.0 Å². The molecule has 1 fully saturated rings. The van der Waals surface area contributed by atoms with Gasteiger partial charge in [-0.15, -0.1) is 11.3 Å². The maximum absolute atomic E-state index is 4.74. The molecule has 0 unspecified atom stereocenters. The molecule has 2 aromatic rings. The molecule has 1 aliphatic carbocycles. The van der Waals surface area contributed by atoms with E-state index in [1.54, 1.807) is 0 Å². The van der Waals surface area contributed by atoms with E-state index >= 15 is 0 Å². The van der Waals surface area contributed by atoms with Gasteiger partial charge >= 0.3 is 0 Å². The van der Waals surface area contributed by atoms with Crippen LogP contribution in [0.15, 0.2) is 36.5 Å². The first-order valence-corrected chi connectivity index (χ1v) is 8.26. The molecule has 1 aliphatic rings. The first-order chi connectivity index (χ1) is 9.71. The number of aromatic nitrogens is 1. The second-order valence-electron chi connectivity index (χ2n) is 5.97. The van der Waals surface area contributed by atoms with Crippen LogP contribution >= 0.6 is 11.3 Å². The second kappa shape index (κ2) is 5.66. The van der Waals surface area contributed by atoms with Crippen LogP contribution in [0.1, 0.15) is 48.6 Å². The number of nitrogens with one attached hydrogen (secondary N) is 1. The summed E-state index contributed by atoms with van der Waals surface area (Å²) in [5.74, 6) is 0. The Bertz CT molecular complexity index is 555. The predicted octanol–water partition coefficient (Wildman–Crippen LogP) is 4.11. The molecule has 0 radical (unpaired) electrons. The molecule has 0 spiro atoms. The highest BCUT2D eigenvalue weighted by molar-refractivity contribution is 7.11. The van der Waals surface area contributed by atoms with Crippen molar-refractivity contribution in [3.8, 4) is 0 Å². The van der Waals surface area contributed by atoms with Crippen molar-refractivity contribution in [3.63, 3.8) is 0 Å². The third kappa shape index (κ3) is 2.52. The average Bonchev–Trinajstić information content (AvgIpc) is 2.85.